The normalized spacial score (nSPS) is 14.5. The van der Waals surface area contributed by atoms with Crippen LogP contribution in [0.25, 0.3) is 21.9 Å². The molecule has 3 nitrogen and oxygen atoms in total. The number of amides is 1. The van der Waals surface area contributed by atoms with Crippen LogP contribution >= 0.6 is 0 Å². The molecule has 0 spiro atoms. The molecule has 1 heterocycles. The lowest BCUT2D eigenvalue weighted by Crippen LogP contribution is -2.26. The SMILES string of the molecule is CN(Cc1cccc2cc(CN3CCCCCC3)ccc12)C(=O)c1ccc(-c2ccc(F)cc2)cc1. The number of carbonyl (C=O) groups excluding carboxylic acids is 1. The van der Waals surface area contributed by atoms with E-state index in [0.29, 0.717) is 12.1 Å². The average molecular weight is 481 g/mol. The van der Waals surface area contributed by atoms with Crippen LogP contribution in [0, 0.1) is 5.82 Å². The Bertz CT molecular complexity index is 1320. The van der Waals surface area contributed by atoms with E-state index < -0.39 is 0 Å². The minimum Gasteiger partial charge on any atom is -0.337 e. The summed E-state index contributed by atoms with van der Waals surface area (Å²) >= 11 is 0. The molecule has 0 atom stereocenters. The Morgan fingerprint density at radius 1 is 0.833 bits per heavy atom. The smallest absolute Gasteiger partial charge is 0.253 e. The molecule has 0 aromatic heterocycles. The second-order valence-electron chi connectivity index (χ2n) is 9.91. The quantitative estimate of drug-likeness (QED) is 0.289. The van der Waals surface area contributed by atoms with Crippen LogP contribution < -0.4 is 0 Å². The summed E-state index contributed by atoms with van der Waals surface area (Å²) in [6.07, 6.45) is 5.30. The molecular weight excluding hydrogens is 447 g/mol. The van der Waals surface area contributed by atoms with Gasteiger partial charge >= 0.3 is 0 Å². The zero-order chi connectivity index (χ0) is 24.9. The molecule has 36 heavy (non-hydrogen) atoms. The van der Waals surface area contributed by atoms with E-state index in [1.165, 1.54) is 67.2 Å². The van der Waals surface area contributed by atoms with Crippen LogP contribution in [0.3, 0.4) is 0 Å². The maximum absolute atomic E-state index is 13.2. The van der Waals surface area contributed by atoms with Crippen molar-refractivity contribution in [2.45, 2.75) is 38.8 Å². The third kappa shape index (κ3) is 5.66. The van der Waals surface area contributed by atoms with Crippen LogP contribution in [0.15, 0.2) is 84.9 Å². The Morgan fingerprint density at radius 3 is 2.19 bits per heavy atom. The summed E-state index contributed by atoms with van der Waals surface area (Å²) in [4.78, 5) is 17.5. The van der Waals surface area contributed by atoms with Gasteiger partial charge in [0.1, 0.15) is 5.82 Å². The fourth-order valence-corrected chi connectivity index (χ4v) is 5.18. The van der Waals surface area contributed by atoms with E-state index in [1.54, 1.807) is 17.0 Å². The van der Waals surface area contributed by atoms with Gasteiger partial charge in [-0.1, -0.05) is 67.4 Å². The molecule has 0 aliphatic carbocycles. The summed E-state index contributed by atoms with van der Waals surface area (Å²) in [5, 5.41) is 2.42. The topological polar surface area (TPSA) is 23.6 Å². The third-order valence-electron chi connectivity index (χ3n) is 7.20. The first-order chi connectivity index (χ1) is 17.6. The largest absolute Gasteiger partial charge is 0.337 e. The molecule has 0 radical (unpaired) electrons. The van der Waals surface area contributed by atoms with Crippen LogP contribution in [0.4, 0.5) is 4.39 Å². The van der Waals surface area contributed by atoms with Crippen molar-refractivity contribution >= 4 is 16.7 Å². The van der Waals surface area contributed by atoms with Crippen molar-refractivity contribution in [3.63, 3.8) is 0 Å². The number of halogens is 1. The minimum absolute atomic E-state index is 0.0181. The van der Waals surface area contributed by atoms with Gasteiger partial charge in [0.2, 0.25) is 0 Å². The summed E-state index contributed by atoms with van der Waals surface area (Å²) < 4.78 is 13.2. The average Bonchev–Trinajstić information content (AvgIpc) is 3.17. The van der Waals surface area contributed by atoms with E-state index in [-0.39, 0.29) is 11.7 Å². The molecule has 0 unspecified atom stereocenters. The number of fused-ring (bicyclic) bond motifs is 1. The molecule has 0 N–H and O–H groups in total. The molecule has 1 aliphatic rings. The van der Waals surface area contributed by atoms with Crippen molar-refractivity contribution in [2.75, 3.05) is 20.1 Å². The number of rotatable bonds is 6. The number of hydrogen-bond donors (Lipinski definition) is 0. The van der Waals surface area contributed by atoms with Crippen LogP contribution in [0.1, 0.15) is 47.2 Å². The number of carbonyl (C=O) groups is 1. The Kier molecular flexibility index (Phi) is 7.43. The van der Waals surface area contributed by atoms with E-state index in [0.717, 1.165) is 23.2 Å². The van der Waals surface area contributed by atoms with Crippen LogP contribution in [-0.4, -0.2) is 35.8 Å². The van der Waals surface area contributed by atoms with Gasteiger partial charge in [-0.15, -0.1) is 0 Å². The molecule has 1 saturated heterocycles. The first-order valence-electron chi connectivity index (χ1n) is 12.9. The van der Waals surface area contributed by atoms with Gasteiger partial charge in [-0.25, -0.2) is 4.39 Å². The van der Waals surface area contributed by atoms with E-state index in [9.17, 15) is 9.18 Å². The van der Waals surface area contributed by atoms with E-state index in [4.69, 9.17) is 0 Å². The highest BCUT2D eigenvalue weighted by Gasteiger charge is 2.15. The zero-order valence-electron chi connectivity index (χ0n) is 20.9. The van der Waals surface area contributed by atoms with E-state index in [2.05, 4.69) is 41.3 Å². The second-order valence-corrected chi connectivity index (χ2v) is 9.91. The maximum Gasteiger partial charge on any atom is 0.253 e. The molecule has 0 bridgehead atoms. The lowest BCUT2D eigenvalue weighted by atomic mass is 10.0. The lowest BCUT2D eigenvalue weighted by Gasteiger charge is -2.21. The lowest BCUT2D eigenvalue weighted by molar-refractivity contribution is 0.0785. The van der Waals surface area contributed by atoms with Crippen molar-refractivity contribution in [1.82, 2.24) is 9.80 Å². The molecule has 1 amide bonds. The summed E-state index contributed by atoms with van der Waals surface area (Å²) in [6, 6.07) is 27.0. The molecule has 5 rings (SSSR count). The molecule has 0 saturated carbocycles. The number of hydrogen-bond acceptors (Lipinski definition) is 2. The van der Waals surface area contributed by atoms with Crippen molar-refractivity contribution in [2.24, 2.45) is 0 Å². The van der Waals surface area contributed by atoms with Gasteiger partial charge in [0.15, 0.2) is 0 Å². The molecular formula is C32H33FN2O. The third-order valence-corrected chi connectivity index (χ3v) is 7.20. The van der Waals surface area contributed by atoms with Crippen LogP contribution in [-0.2, 0) is 13.1 Å². The Morgan fingerprint density at radius 2 is 1.50 bits per heavy atom. The standard InChI is InChI=1S/C32H33FN2O/c1-34(32(36)27-12-10-25(11-13-27)26-14-16-30(33)17-15-26)23-29-8-6-7-28-21-24(9-18-31(28)29)22-35-19-4-2-3-5-20-35/h6-18,21H,2-5,19-20,22-23H2,1H3. The zero-order valence-corrected chi connectivity index (χ0v) is 20.9. The summed E-state index contributed by atoms with van der Waals surface area (Å²) in [6.45, 7) is 3.93. The highest BCUT2D eigenvalue weighted by Crippen LogP contribution is 2.24. The number of likely N-dealkylation sites (tertiary alicyclic amines) is 1. The van der Waals surface area contributed by atoms with Gasteiger partial charge in [0, 0.05) is 25.7 Å². The van der Waals surface area contributed by atoms with Crippen molar-refractivity contribution < 1.29 is 9.18 Å². The Hall–Kier alpha value is -3.50. The minimum atomic E-state index is -0.255. The first kappa shape index (κ1) is 24.2. The molecule has 4 aromatic rings. The molecule has 1 aliphatic heterocycles. The Balaban J connectivity index is 1.28. The molecule has 4 aromatic carbocycles. The van der Waals surface area contributed by atoms with Crippen LogP contribution in [0.5, 0.6) is 0 Å². The van der Waals surface area contributed by atoms with Gasteiger partial charge in [0.25, 0.3) is 5.91 Å². The number of benzene rings is 4. The summed E-state index contributed by atoms with van der Waals surface area (Å²) in [5.41, 5.74) is 5.03. The highest BCUT2D eigenvalue weighted by molar-refractivity contribution is 5.95. The summed E-state index contributed by atoms with van der Waals surface area (Å²) in [5.74, 6) is -0.273. The molecule has 184 valence electrons. The predicted molar refractivity (Wildman–Crippen MR) is 145 cm³/mol. The van der Waals surface area contributed by atoms with Gasteiger partial charge in [-0.3, -0.25) is 9.69 Å². The van der Waals surface area contributed by atoms with Crippen LogP contribution in [0.2, 0.25) is 0 Å². The monoisotopic (exact) mass is 480 g/mol. The number of nitrogens with zero attached hydrogens (tertiary/aromatic N) is 2. The van der Waals surface area contributed by atoms with Crippen molar-refractivity contribution in [3.8, 4) is 11.1 Å². The maximum atomic E-state index is 13.2. The van der Waals surface area contributed by atoms with Gasteiger partial charge in [-0.2, -0.15) is 0 Å². The van der Waals surface area contributed by atoms with Crippen molar-refractivity contribution in [3.05, 3.63) is 107 Å². The molecule has 1 fully saturated rings. The van der Waals surface area contributed by atoms with Gasteiger partial charge < -0.3 is 4.90 Å². The van der Waals surface area contributed by atoms with Crippen molar-refractivity contribution in [1.29, 1.82) is 0 Å². The predicted octanol–water partition coefficient (Wildman–Crippen LogP) is 7.29. The second kappa shape index (κ2) is 11.0. The first-order valence-corrected chi connectivity index (χ1v) is 12.9. The van der Waals surface area contributed by atoms with E-state index >= 15 is 0 Å². The highest BCUT2D eigenvalue weighted by atomic mass is 19.1. The van der Waals surface area contributed by atoms with E-state index in [1.807, 2.05) is 31.3 Å². The fraction of sp³-hybridized carbons (Fsp3) is 0.281. The summed E-state index contributed by atoms with van der Waals surface area (Å²) in [7, 11) is 1.85. The Labute approximate surface area is 213 Å². The molecule has 4 heteroatoms. The fourth-order valence-electron chi connectivity index (χ4n) is 5.18. The van der Waals surface area contributed by atoms with Gasteiger partial charge in [-0.05, 0) is 89.3 Å². The van der Waals surface area contributed by atoms with Gasteiger partial charge in [0.05, 0.1) is 0 Å².